The van der Waals surface area contributed by atoms with Crippen LogP contribution >= 0.6 is 0 Å². The van der Waals surface area contributed by atoms with E-state index in [4.69, 9.17) is 5.84 Å². The lowest BCUT2D eigenvalue weighted by molar-refractivity contribution is 0.0598. The highest BCUT2D eigenvalue weighted by molar-refractivity contribution is 5.92. The second-order valence-corrected chi connectivity index (χ2v) is 2.99. The Morgan fingerprint density at radius 2 is 2.07 bits per heavy atom. The van der Waals surface area contributed by atoms with Crippen LogP contribution in [0.3, 0.4) is 0 Å². The topological polar surface area (TPSA) is 74.3 Å². The minimum atomic E-state index is -0.487. The second kappa shape index (κ2) is 3.53. The number of aromatic nitrogens is 1. The fraction of sp³-hybridized carbons (Fsp3) is 0.333. The van der Waals surface area contributed by atoms with Gasteiger partial charge in [-0.05, 0) is 19.4 Å². The van der Waals surface area contributed by atoms with Crippen molar-refractivity contribution in [3.05, 3.63) is 33.2 Å². The number of aryl methyl sites for hydroxylation is 1. The van der Waals surface area contributed by atoms with Crippen LogP contribution in [0.15, 0.2) is 10.9 Å². The fourth-order valence-corrected chi connectivity index (χ4v) is 1.31. The first-order valence-corrected chi connectivity index (χ1v) is 4.05. The second-order valence-electron chi connectivity index (χ2n) is 2.99. The molecule has 0 fully saturated rings. The van der Waals surface area contributed by atoms with E-state index in [0.29, 0.717) is 16.8 Å². The molecule has 0 saturated heterocycles. The Bertz CT molecular complexity index is 434. The number of ether oxygens (including phenoxy) is 1. The van der Waals surface area contributed by atoms with Gasteiger partial charge in [0.25, 0.3) is 5.56 Å². The summed E-state index contributed by atoms with van der Waals surface area (Å²) in [5, 5.41) is 0. The van der Waals surface area contributed by atoms with Gasteiger partial charge in [0.2, 0.25) is 0 Å². The molecule has 1 aromatic rings. The van der Waals surface area contributed by atoms with Crippen molar-refractivity contribution in [2.45, 2.75) is 13.8 Å². The van der Waals surface area contributed by atoms with Crippen LogP contribution in [-0.2, 0) is 4.74 Å². The molecule has 0 radical (unpaired) electrons. The molecule has 0 saturated carbocycles. The largest absolute Gasteiger partial charge is 0.465 e. The summed E-state index contributed by atoms with van der Waals surface area (Å²) in [5.74, 6) is 4.95. The van der Waals surface area contributed by atoms with Crippen molar-refractivity contribution < 1.29 is 9.53 Å². The molecule has 5 heteroatoms. The highest BCUT2D eigenvalue weighted by atomic mass is 16.5. The zero-order valence-corrected chi connectivity index (χ0v) is 8.33. The van der Waals surface area contributed by atoms with E-state index < -0.39 is 5.97 Å². The van der Waals surface area contributed by atoms with Gasteiger partial charge in [-0.3, -0.25) is 4.79 Å². The number of pyridine rings is 1. The van der Waals surface area contributed by atoms with E-state index in [0.717, 1.165) is 4.68 Å². The highest BCUT2D eigenvalue weighted by Crippen LogP contribution is 2.10. The number of hydrogen-bond acceptors (Lipinski definition) is 4. The third-order valence-corrected chi connectivity index (χ3v) is 2.08. The minimum Gasteiger partial charge on any atom is -0.465 e. The lowest BCUT2D eigenvalue weighted by Crippen LogP contribution is -2.31. The van der Waals surface area contributed by atoms with Gasteiger partial charge < -0.3 is 10.6 Å². The molecule has 0 atom stereocenters. The van der Waals surface area contributed by atoms with Crippen molar-refractivity contribution in [2.75, 3.05) is 13.0 Å². The molecular formula is C9H12N2O3. The molecule has 0 aliphatic rings. The van der Waals surface area contributed by atoms with E-state index in [9.17, 15) is 9.59 Å². The maximum Gasteiger partial charge on any atom is 0.339 e. The predicted molar refractivity (Wildman–Crippen MR) is 51.7 cm³/mol. The normalized spacial score (nSPS) is 9.93. The monoisotopic (exact) mass is 196 g/mol. The number of nitrogens with two attached hydrogens (primary N) is 1. The third kappa shape index (κ3) is 1.48. The van der Waals surface area contributed by atoms with Crippen molar-refractivity contribution in [3.8, 4) is 0 Å². The standard InChI is InChI=1S/C9H12N2O3/c1-5-4-7(12)11(10)6(2)8(5)9(13)14-3/h4H,10H2,1-3H3. The molecule has 2 N–H and O–H groups in total. The molecule has 0 bridgehead atoms. The molecule has 0 spiro atoms. The van der Waals surface area contributed by atoms with E-state index in [1.54, 1.807) is 13.8 Å². The van der Waals surface area contributed by atoms with Crippen LogP contribution in [0.2, 0.25) is 0 Å². The Kier molecular flexibility index (Phi) is 2.60. The van der Waals surface area contributed by atoms with Gasteiger partial charge in [0, 0.05) is 6.07 Å². The first-order chi connectivity index (χ1) is 6.49. The zero-order valence-electron chi connectivity index (χ0n) is 8.33. The molecule has 1 heterocycles. The molecule has 1 rings (SSSR count). The van der Waals surface area contributed by atoms with Crippen LogP contribution in [0.4, 0.5) is 0 Å². The van der Waals surface area contributed by atoms with Gasteiger partial charge in [-0.1, -0.05) is 0 Å². The van der Waals surface area contributed by atoms with Gasteiger partial charge in [-0.15, -0.1) is 0 Å². The Balaban J connectivity index is 3.52. The summed E-state index contributed by atoms with van der Waals surface area (Å²) in [6, 6.07) is 1.30. The summed E-state index contributed by atoms with van der Waals surface area (Å²) in [7, 11) is 1.28. The van der Waals surface area contributed by atoms with Gasteiger partial charge in [0.1, 0.15) is 0 Å². The van der Waals surface area contributed by atoms with Crippen molar-refractivity contribution in [2.24, 2.45) is 0 Å². The summed E-state index contributed by atoms with van der Waals surface area (Å²) in [5.41, 5.74) is 0.977. The van der Waals surface area contributed by atoms with Gasteiger partial charge in [-0.2, -0.15) is 0 Å². The number of nitrogen functional groups attached to an aromatic ring is 1. The first kappa shape index (κ1) is 10.3. The summed E-state index contributed by atoms with van der Waals surface area (Å²) in [6.45, 7) is 3.27. The van der Waals surface area contributed by atoms with E-state index in [2.05, 4.69) is 4.74 Å². The molecular weight excluding hydrogens is 184 g/mol. The van der Waals surface area contributed by atoms with Crippen molar-refractivity contribution >= 4 is 5.97 Å². The third-order valence-electron chi connectivity index (χ3n) is 2.08. The minimum absolute atomic E-state index is 0.340. The molecule has 14 heavy (non-hydrogen) atoms. The van der Waals surface area contributed by atoms with E-state index in [1.165, 1.54) is 13.2 Å². The van der Waals surface area contributed by atoms with E-state index in [1.807, 2.05) is 0 Å². The van der Waals surface area contributed by atoms with Gasteiger partial charge in [0.15, 0.2) is 0 Å². The smallest absolute Gasteiger partial charge is 0.339 e. The van der Waals surface area contributed by atoms with Crippen LogP contribution in [0.25, 0.3) is 0 Å². The molecule has 0 unspecified atom stereocenters. The molecule has 0 amide bonds. The SMILES string of the molecule is COC(=O)c1c(C)cc(=O)n(N)c1C. The van der Waals surface area contributed by atoms with Crippen LogP contribution < -0.4 is 11.4 Å². The average molecular weight is 196 g/mol. The molecule has 0 aromatic carbocycles. The maximum atomic E-state index is 11.3. The lowest BCUT2D eigenvalue weighted by atomic mass is 10.1. The molecule has 76 valence electrons. The number of carbonyl (C=O) groups is 1. The Morgan fingerprint density at radius 3 is 2.57 bits per heavy atom. The number of rotatable bonds is 1. The van der Waals surface area contributed by atoms with Crippen LogP contribution in [-0.4, -0.2) is 17.8 Å². The number of esters is 1. The summed E-state index contributed by atoms with van der Waals surface area (Å²) >= 11 is 0. The van der Waals surface area contributed by atoms with Crippen LogP contribution in [0.5, 0.6) is 0 Å². The Hall–Kier alpha value is -1.78. The van der Waals surface area contributed by atoms with Gasteiger partial charge in [-0.25, -0.2) is 9.47 Å². The lowest BCUT2D eigenvalue weighted by Gasteiger charge is -2.10. The summed E-state index contributed by atoms with van der Waals surface area (Å²) in [4.78, 5) is 22.5. The van der Waals surface area contributed by atoms with Crippen LogP contribution in [0, 0.1) is 13.8 Å². The number of nitrogens with zero attached hydrogens (tertiary/aromatic N) is 1. The Labute approximate surface area is 81.1 Å². The highest BCUT2D eigenvalue weighted by Gasteiger charge is 2.15. The summed E-state index contributed by atoms with van der Waals surface area (Å²) < 4.78 is 5.51. The van der Waals surface area contributed by atoms with Gasteiger partial charge >= 0.3 is 5.97 Å². The zero-order chi connectivity index (χ0) is 10.9. The molecule has 0 aliphatic carbocycles. The fourth-order valence-electron chi connectivity index (χ4n) is 1.31. The average Bonchev–Trinajstić information content (AvgIpc) is 2.14. The van der Waals surface area contributed by atoms with Crippen molar-refractivity contribution in [1.29, 1.82) is 0 Å². The summed E-state index contributed by atoms with van der Waals surface area (Å²) in [6.07, 6.45) is 0. The predicted octanol–water partition coefficient (Wildman–Crippen LogP) is -0.0345. The molecule has 1 aromatic heterocycles. The molecule has 0 aliphatic heterocycles. The maximum absolute atomic E-state index is 11.3. The quantitative estimate of drug-likeness (QED) is 0.505. The van der Waals surface area contributed by atoms with Crippen molar-refractivity contribution in [3.63, 3.8) is 0 Å². The number of carbonyl (C=O) groups excluding carboxylic acids is 1. The molecule has 5 nitrogen and oxygen atoms in total. The van der Waals surface area contributed by atoms with Crippen LogP contribution in [0.1, 0.15) is 21.6 Å². The van der Waals surface area contributed by atoms with E-state index >= 15 is 0 Å². The van der Waals surface area contributed by atoms with E-state index in [-0.39, 0.29) is 5.56 Å². The van der Waals surface area contributed by atoms with Crippen molar-refractivity contribution in [1.82, 2.24) is 4.68 Å². The Morgan fingerprint density at radius 1 is 1.50 bits per heavy atom. The number of methoxy groups -OCH3 is 1. The number of hydrogen-bond donors (Lipinski definition) is 1. The van der Waals surface area contributed by atoms with Gasteiger partial charge in [0.05, 0.1) is 18.4 Å². The first-order valence-electron chi connectivity index (χ1n) is 4.05.